The number of piperazine rings is 1. The lowest BCUT2D eigenvalue weighted by atomic mass is 10.2. The van der Waals surface area contributed by atoms with Gasteiger partial charge < -0.3 is 24.6 Å². The highest BCUT2D eigenvalue weighted by atomic mass is 16.6. The second-order valence-electron chi connectivity index (χ2n) is 10.7. The fraction of sp³-hybridized carbons (Fsp3) is 0.577. The Hall–Kier alpha value is -3.47. The van der Waals surface area contributed by atoms with Gasteiger partial charge in [0.05, 0.1) is 30.9 Å². The molecule has 11 heteroatoms. The lowest BCUT2D eigenvalue weighted by Crippen LogP contribution is -2.50. The van der Waals surface area contributed by atoms with E-state index in [-0.39, 0.29) is 18.2 Å². The van der Waals surface area contributed by atoms with Crippen LogP contribution in [0.3, 0.4) is 0 Å². The van der Waals surface area contributed by atoms with Gasteiger partial charge in [-0.25, -0.2) is 14.8 Å². The average Bonchev–Trinajstić information content (AvgIpc) is 3.53. The molecule has 1 N–H and O–H groups in total. The maximum Gasteiger partial charge on any atom is 0.410 e. The molecular formula is C26H36N8O3. The van der Waals surface area contributed by atoms with Crippen LogP contribution >= 0.6 is 0 Å². The first kappa shape index (κ1) is 25.2. The lowest BCUT2D eigenvalue weighted by molar-refractivity contribution is 0.0214. The maximum absolute atomic E-state index is 12.7. The van der Waals surface area contributed by atoms with E-state index in [1.54, 1.807) is 0 Å². The number of carbonyl (C=O) groups excluding carboxylic acids is 1. The Bertz CT molecular complexity index is 1280. The van der Waals surface area contributed by atoms with Crippen molar-refractivity contribution in [1.82, 2.24) is 29.6 Å². The summed E-state index contributed by atoms with van der Waals surface area (Å²) in [5.74, 6) is 1.98. The minimum Gasteiger partial charge on any atom is -0.444 e. The summed E-state index contributed by atoms with van der Waals surface area (Å²) in [6.45, 7) is 14.7. The molecule has 198 valence electrons. The van der Waals surface area contributed by atoms with Crippen molar-refractivity contribution in [3.63, 3.8) is 0 Å². The molecule has 5 rings (SSSR count). The quantitative estimate of drug-likeness (QED) is 0.476. The Morgan fingerprint density at radius 3 is 2.62 bits per heavy atom. The van der Waals surface area contributed by atoms with Crippen LogP contribution in [-0.4, -0.2) is 79.7 Å². The first-order valence-corrected chi connectivity index (χ1v) is 12.9. The van der Waals surface area contributed by atoms with E-state index in [4.69, 9.17) is 24.5 Å². The highest BCUT2D eigenvalue weighted by Crippen LogP contribution is 2.36. The van der Waals surface area contributed by atoms with E-state index < -0.39 is 5.60 Å². The first-order valence-electron chi connectivity index (χ1n) is 12.9. The van der Waals surface area contributed by atoms with Crippen molar-refractivity contribution >= 4 is 34.7 Å². The van der Waals surface area contributed by atoms with Gasteiger partial charge in [0.25, 0.3) is 0 Å². The van der Waals surface area contributed by atoms with Gasteiger partial charge in [0.1, 0.15) is 22.5 Å². The molecule has 0 aromatic carbocycles. The topological polar surface area (TPSA) is 111 Å². The van der Waals surface area contributed by atoms with Crippen LogP contribution in [0.1, 0.15) is 45.4 Å². The van der Waals surface area contributed by atoms with Crippen LogP contribution < -0.4 is 10.2 Å². The van der Waals surface area contributed by atoms with E-state index in [1.807, 2.05) is 69.5 Å². The molecule has 3 aromatic rings. The summed E-state index contributed by atoms with van der Waals surface area (Å²) in [7, 11) is 0. The van der Waals surface area contributed by atoms with Gasteiger partial charge in [0, 0.05) is 25.9 Å². The number of fused-ring (bicyclic) bond motifs is 3. The van der Waals surface area contributed by atoms with Crippen molar-refractivity contribution in [2.24, 2.45) is 0 Å². The number of likely N-dealkylation sites (tertiary alicyclic amines) is 1. The predicted octanol–water partition coefficient (Wildman–Crippen LogP) is 3.82. The summed E-state index contributed by atoms with van der Waals surface area (Å²) >= 11 is 0. The van der Waals surface area contributed by atoms with Gasteiger partial charge in [-0.2, -0.15) is 10.1 Å². The zero-order valence-electron chi connectivity index (χ0n) is 22.5. The van der Waals surface area contributed by atoms with Crippen LogP contribution in [0.5, 0.6) is 0 Å². The number of nitrogens with zero attached hydrogens (tertiary/aromatic N) is 7. The molecule has 5 heterocycles. The van der Waals surface area contributed by atoms with E-state index in [2.05, 4.69) is 15.2 Å². The van der Waals surface area contributed by atoms with Crippen molar-refractivity contribution in [3.05, 3.63) is 29.6 Å². The summed E-state index contributed by atoms with van der Waals surface area (Å²) in [5.41, 5.74) is 3.01. The van der Waals surface area contributed by atoms with Gasteiger partial charge in [-0.05, 0) is 59.6 Å². The number of pyridine rings is 1. The molecule has 2 saturated heterocycles. The number of hydrogen-bond acceptors (Lipinski definition) is 9. The predicted molar refractivity (Wildman–Crippen MR) is 141 cm³/mol. The first-order chi connectivity index (χ1) is 17.6. The van der Waals surface area contributed by atoms with Crippen LogP contribution in [0.25, 0.3) is 11.0 Å². The lowest BCUT2D eigenvalue weighted by Gasteiger charge is -2.35. The third kappa shape index (κ3) is 5.18. The SMILES string of the molecule is CCOCCn1nc(C)c2nc(N3C[C@H]4C[C@@H]3CN4C(=O)OC(C)(C)C)nc(Nc3ccc(C)cn3)c21. The average molecular weight is 509 g/mol. The maximum atomic E-state index is 12.7. The summed E-state index contributed by atoms with van der Waals surface area (Å²) < 4.78 is 13.1. The fourth-order valence-electron chi connectivity index (χ4n) is 5.01. The largest absolute Gasteiger partial charge is 0.444 e. The number of hydrogen-bond donors (Lipinski definition) is 1. The number of amides is 1. The number of ether oxygens (including phenoxy) is 2. The Morgan fingerprint density at radius 2 is 1.97 bits per heavy atom. The van der Waals surface area contributed by atoms with E-state index in [0.717, 1.165) is 28.7 Å². The third-order valence-corrected chi connectivity index (χ3v) is 6.68. The summed E-state index contributed by atoms with van der Waals surface area (Å²) in [6, 6.07) is 4.16. The van der Waals surface area contributed by atoms with E-state index >= 15 is 0 Å². The number of aryl methyl sites for hydroxylation is 2. The molecule has 2 atom stereocenters. The highest BCUT2D eigenvalue weighted by Gasteiger charge is 2.47. The van der Waals surface area contributed by atoms with E-state index in [1.165, 1.54) is 0 Å². The second kappa shape index (κ2) is 9.77. The number of anilines is 3. The van der Waals surface area contributed by atoms with Crippen LogP contribution in [0.4, 0.5) is 22.4 Å². The van der Waals surface area contributed by atoms with Gasteiger partial charge in [0.15, 0.2) is 5.82 Å². The van der Waals surface area contributed by atoms with Crippen LogP contribution in [0.2, 0.25) is 0 Å². The third-order valence-electron chi connectivity index (χ3n) is 6.68. The molecule has 3 aromatic heterocycles. The van der Waals surface area contributed by atoms with Gasteiger partial charge in [-0.3, -0.25) is 4.68 Å². The van der Waals surface area contributed by atoms with Gasteiger partial charge in [0.2, 0.25) is 5.95 Å². The Labute approximate surface area is 217 Å². The van der Waals surface area contributed by atoms with Crippen LogP contribution in [0, 0.1) is 13.8 Å². The number of aromatic nitrogens is 5. The molecule has 0 radical (unpaired) electrons. The van der Waals surface area contributed by atoms with Crippen molar-refractivity contribution in [2.45, 2.75) is 72.2 Å². The molecule has 2 fully saturated rings. The molecule has 0 spiro atoms. The van der Waals surface area contributed by atoms with E-state index in [0.29, 0.717) is 50.4 Å². The zero-order valence-corrected chi connectivity index (χ0v) is 22.5. The monoisotopic (exact) mass is 508 g/mol. The van der Waals surface area contributed by atoms with Gasteiger partial charge in [-0.15, -0.1) is 0 Å². The minimum absolute atomic E-state index is 0.0735. The Kier molecular flexibility index (Phi) is 6.65. The summed E-state index contributed by atoms with van der Waals surface area (Å²) in [4.78, 5) is 31.2. The molecule has 2 aliphatic rings. The zero-order chi connectivity index (χ0) is 26.3. The molecule has 2 aliphatic heterocycles. The Morgan fingerprint density at radius 1 is 1.16 bits per heavy atom. The standard InChI is InChI=1S/C26H36N8O3/c1-7-36-11-10-34-22-21(17(3)31-34)29-24(30-23(22)28-20-9-8-16(2)13-27-20)32-14-19-12-18(32)15-33(19)25(35)37-26(4,5)6/h8-9,13,18-19H,7,10-12,14-15H2,1-6H3,(H,27,28,29,30)/t18-,19-/m1/s1. The number of nitrogens with one attached hydrogen (secondary N) is 1. The van der Waals surface area contributed by atoms with Crippen molar-refractivity contribution in [3.8, 4) is 0 Å². The summed E-state index contributed by atoms with van der Waals surface area (Å²) in [6.07, 6.45) is 2.44. The minimum atomic E-state index is -0.517. The fourth-order valence-corrected chi connectivity index (χ4v) is 5.01. The molecular weight excluding hydrogens is 472 g/mol. The van der Waals surface area contributed by atoms with Crippen molar-refractivity contribution in [1.29, 1.82) is 0 Å². The van der Waals surface area contributed by atoms with Crippen molar-refractivity contribution < 1.29 is 14.3 Å². The van der Waals surface area contributed by atoms with Crippen molar-refractivity contribution in [2.75, 3.05) is 36.5 Å². The van der Waals surface area contributed by atoms with E-state index in [9.17, 15) is 4.79 Å². The molecule has 0 saturated carbocycles. The molecule has 0 aliphatic carbocycles. The molecule has 37 heavy (non-hydrogen) atoms. The summed E-state index contributed by atoms with van der Waals surface area (Å²) in [5, 5.41) is 8.15. The van der Waals surface area contributed by atoms with Crippen LogP contribution in [-0.2, 0) is 16.0 Å². The molecule has 11 nitrogen and oxygen atoms in total. The van der Waals surface area contributed by atoms with Crippen LogP contribution in [0.15, 0.2) is 18.3 Å². The molecule has 0 unspecified atom stereocenters. The number of carbonyl (C=O) groups is 1. The van der Waals surface area contributed by atoms with Gasteiger partial charge in [-0.1, -0.05) is 6.07 Å². The molecule has 1 amide bonds. The van der Waals surface area contributed by atoms with Gasteiger partial charge >= 0.3 is 6.09 Å². The smallest absolute Gasteiger partial charge is 0.410 e. The normalized spacial score (nSPS) is 19.2. The second-order valence-corrected chi connectivity index (χ2v) is 10.7. The highest BCUT2D eigenvalue weighted by molar-refractivity contribution is 5.90. The number of rotatable bonds is 7. The Balaban J connectivity index is 1.46. The molecule has 2 bridgehead atoms.